The molecule has 0 spiro atoms. The maximum atomic E-state index is 13.8. The second kappa shape index (κ2) is 7.80. The lowest BCUT2D eigenvalue weighted by Crippen LogP contribution is -2.30. The molecule has 0 fully saturated rings. The van der Waals surface area contributed by atoms with Crippen LogP contribution in [0.1, 0.15) is 22.8 Å². The first-order chi connectivity index (χ1) is 12.5. The van der Waals surface area contributed by atoms with Crippen LogP contribution in [0.5, 0.6) is 0 Å². The third-order valence-electron chi connectivity index (χ3n) is 3.58. The summed E-state index contributed by atoms with van der Waals surface area (Å²) in [6.07, 6.45) is -1.36. The van der Waals surface area contributed by atoms with E-state index in [2.05, 4.69) is 5.32 Å². The normalized spacial score (nSPS) is 12.3. The van der Waals surface area contributed by atoms with Crippen LogP contribution in [0.4, 0.5) is 14.5 Å². The minimum Gasteiger partial charge on any atom is -0.449 e. The predicted molar refractivity (Wildman–Crippen MR) is 92.4 cm³/mol. The molecule has 0 radical (unpaired) electrons. The average molecular weight is 398 g/mol. The van der Waals surface area contributed by atoms with E-state index in [1.165, 1.54) is 19.1 Å². The molecule has 1 amide bonds. The molecule has 0 aliphatic rings. The van der Waals surface area contributed by atoms with Gasteiger partial charge in [0.25, 0.3) is 5.91 Å². The largest absolute Gasteiger partial charge is 0.449 e. The standard InChI is InChI=1S/C17H16F2N2O5S/c1-9-3-4-11(7-15(9)19)21-16(22)10(2)26-17(23)13-8-12(27(20,24)25)5-6-14(13)18/h3-8,10H,1-2H3,(H,21,22)(H2,20,24,25)/t10-/m1/s1. The fourth-order valence-corrected chi connectivity index (χ4v) is 2.57. The summed E-state index contributed by atoms with van der Waals surface area (Å²) in [5.74, 6) is -3.61. The van der Waals surface area contributed by atoms with Crippen molar-refractivity contribution < 1.29 is 31.5 Å². The number of aryl methyl sites for hydroxylation is 1. The summed E-state index contributed by atoms with van der Waals surface area (Å²) < 4.78 is 54.8. The van der Waals surface area contributed by atoms with Crippen LogP contribution in [0, 0.1) is 18.6 Å². The van der Waals surface area contributed by atoms with E-state index in [0.29, 0.717) is 11.6 Å². The lowest BCUT2D eigenvalue weighted by Gasteiger charge is -2.14. The van der Waals surface area contributed by atoms with Gasteiger partial charge in [-0.3, -0.25) is 4.79 Å². The molecule has 1 atom stereocenters. The molecular weight excluding hydrogens is 382 g/mol. The number of nitrogens with two attached hydrogens (primary N) is 1. The highest BCUT2D eigenvalue weighted by Crippen LogP contribution is 2.17. The molecular formula is C17H16F2N2O5S. The van der Waals surface area contributed by atoms with E-state index in [0.717, 1.165) is 18.2 Å². The van der Waals surface area contributed by atoms with Gasteiger partial charge >= 0.3 is 5.97 Å². The van der Waals surface area contributed by atoms with Gasteiger partial charge in [0.15, 0.2) is 6.10 Å². The smallest absolute Gasteiger partial charge is 0.341 e. The van der Waals surface area contributed by atoms with Crippen LogP contribution < -0.4 is 10.5 Å². The number of carbonyl (C=O) groups is 2. The van der Waals surface area contributed by atoms with Crippen LogP contribution in [0.3, 0.4) is 0 Å². The van der Waals surface area contributed by atoms with Crippen molar-refractivity contribution >= 4 is 27.6 Å². The first-order valence-electron chi connectivity index (χ1n) is 7.59. The van der Waals surface area contributed by atoms with Gasteiger partial charge in [-0.15, -0.1) is 0 Å². The summed E-state index contributed by atoms with van der Waals surface area (Å²) in [7, 11) is -4.16. The Bertz CT molecular complexity index is 1010. The molecule has 0 aromatic heterocycles. The molecule has 2 rings (SSSR count). The number of sulfonamides is 1. The first kappa shape index (κ1) is 20.5. The summed E-state index contributed by atoms with van der Waals surface area (Å²) in [5, 5.41) is 7.29. The number of amides is 1. The van der Waals surface area contributed by atoms with Gasteiger partial charge in [0.2, 0.25) is 10.0 Å². The minimum atomic E-state index is -4.16. The Labute approximate surface area is 154 Å². The molecule has 3 N–H and O–H groups in total. The van der Waals surface area contributed by atoms with Gasteiger partial charge in [0, 0.05) is 5.69 Å². The lowest BCUT2D eigenvalue weighted by molar-refractivity contribution is -0.123. The zero-order chi connectivity index (χ0) is 20.4. The number of ether oxygens (including phenoxy) is 1. The third kappa shape index (κ3) is 5.08. The molecule has 2 aromatic carbocycles. The van der Waals surface area contributed by atoms with Gasteiger partial charge in [0.1, 0.15) is 11.6 Å². The highest BCUT2D eigenvalue weighted by Gasteiger charge is 2.23. The molecule has 0 heterocycles. The van der Waals surface area contributed by atoms with Crippen molar-refractivity contribution in [3.63, 3.8) is 0 Å². The Kier molecular flexibility index (Phi) is 5.91. The molecule has 10 heteroatoms. The Hall–Kier alpha value is -2.85. The molecule has 0 aliphatic heterocycles. The number of halogens is 2. The SMILES string of the molecule is Cc1ccc(NC(=O)[C@@H](C)OC(=O)c2cc(S(N)(=O)=O)ccc2F)cc1F. The molecule has 0 saturated carbocycles. The van der Waals surface area contributed by atoms with E-state index in [1.807, 2.05) is 0 Å². The second-order valence-electron chi connectivity index (χ2n) is 5.69. The molecule has 27 heavy (non-hydrogen) atoms. The quantitative estimate of drug-likeness (QED) is 0.749. The van der Waals surface area contributed by atoms with Crippen molar-refractivity contribution in [3.05, 3.63) is 59.2 Å². The van der Waals surface area contributed by atoms with Crippen LogP contribution in [0.25, 0.3) is 0 Å². The molecule has 0 saturated heterocycles. The number of nitrogens with one attached hydrogen (secondary N) is 1. The number of rotatable bonds is 5. The maximum Gasteiger partial charge on any atom is 0.341 e. The highest BCUT2D eigenvalue weighted by molar-refractivity contribution is 7.89. The summed E-state index contributed by atoms with van der Waals surface area (Å²) in [6.45, 7) is 2.77. The first-order valence-corrected chi connectivity index (χ1v) is 9.14. The molecule has 2 aromatic rings. The summed E-state index contributed by atoms with van der Waals surface area (Å²) in [6, 6.07) is 6.36. The van der Waals surface area contributed by atoms with Crippen molar-refractivity contribution in [2.45, 2.75) is 24.8 Å². The van der Waals surface area contributed by atoms with Crippen LogP contribution >= 0.6 is 0 Å². The lowest BCUT2D eigenvalue weighted by atomic mass is 10.2. The van der Waals surface area contributed by atoms with Crippen molar-refractivity contribution in [1.82, 2.24) is 0 Å². The maximum absolute atomic E-state index is 13.8. The number of anilines is 1. The number of esters is 1. The van der Waals surface area contributed by atoms with Crippen molar-refractivity contribution in [3.8, 4) is 0 Å². The Balaban J connectivity index is 2.12. The van der Waals surface area contributed by atoms with Crippen molar-refractivity contribution in [1.29, 1.82) is 0 Å². The van der Waals surface area contributed by atoms with Gasteiger partial charge < -0.3 is 10.1 Å². The Morgan fingerprint density at radius 1 is 1.11 bits per heavy atom. The van der Waals surface area contributed by atoms with Crippen LogP contribution in [-0.4, -0.2) is 26.4 Å². The van der Waals surface area contributed by atoms with Crippen molar-refractivity contribution in [2.24, 2.45) is 5.14 Å². The molecule has 7 nitrogen and oxygen atoms in total. The summed E-state index contributed by atoms with van der Waals surface area (Å²) in [5.41, 5.74) is -0.159. The second-order valence-corrected chi connectivity index (χ2v) is 7.25. The van der Waals surface area contributed by atoms with E-state index in [9.17, 15) is 26.8 Å². The Morgan fingerprint density at radius 3 is 2.37 bits per heavy atom. The van der Waals surface area contributed by atoms with Gasteiger partial charge in [-0.05, 0) is 49.7 Å². The van der Waals surface area contributed by atoms with Crippen molar-refractivity contribution in [2.75, 3.05) is 5.32 Å². The molecule has 144 valence electrons. The van der Waals surface area contributed by atoms with Crippen LogP contribution in [0.15, 0.2) is 41.3 Å². The zero-order valence-corrected chi connectivity index (χ0v) is 15.1. The van der Waals surface area contributed by atoms with Gasteiger partial charge in [0.05, 0.1) is 10.5 Å². The minimum absolute atomic E-state index is 0.147. The van der Waals surface area contributed by atoms with Crippen LogP contribution in [-0.2, 0) is 19.6 Å². The van der Waals surface area contributed by atoms with Gasteiger partial charge in [-0.2, -0.15) is 0 Å². The van der Waals surface area contributed by atoms with E-state index >= 15 is 0 Å². The molecule has 0 unspecified atom stereocenters. The molecule has 0 aliphatic carbocycles. The van der Waals surface area contributed by atoms with Gasteiger partial charge in [-0.1, -0.05) is 6.07 Å². The molecule has 0 bridgehead atoms. The summed E-state index contributed by atoms with van der Waals surface area (Å²) >= 11 is 0. The summed E-state index contributed by atoms with van der Waals surface area (Å²) in [4.78, 5) is 23.7. The monoisotopic (exact) mass is 398 g/mol. The fraction of sp³-hybridized carbons (Fsp3) is 0.176. The average Bonchev–Trinajstić information content (AvgIpc) is 2.57. The number of primary sulfonamides is 1. The predicted octanol–water partition coefficient (Wildman–Crippen LogP) is 2.10. The number of benzene rings is 2. The van der Waals surface area contributed by atoms with Crippen LogP contribution in [0.2, 0.25) is 0 Å². The van der Waals surface area contributed by atoms with E-state index in [4.69, 9.17) is 9.88 Å². The third-order valence-corrected chi connectivity index (χ3v) is 4.49. The topological polar surface area (TPSA) is 116 Å². The fourth-order valence-electron chi connectivity index (χ4n) is 2.03. The van der Waals surface area contributed by atoms with E-state index in [-0.39, 0.29) is 5.69 Å². The van der Waals surface area contributed by atoms with Gasteiger partial charge in [-0.25, -0.2) is 27.1 Å². The zero-order valence-electron chi connectivity index (χ0n) is 14.3. The van der Waals surface area contributed by atoms with E-state index < -0.39 is 50.1 Å². The Morgan fingerprint density at radius 2 is 1.78 bits per heavy atom. The number of carbonyl (C=O) groups excluding carboxylic acids is 2. The number of hydrogen-bond donors (Lipinski definition) is 2. The highest BCUT2D eigenvalue weighted by atomic mass is 32.2. The number of hydrogen-bond acceptors (Lipinski definition) is 5. The van der Waals surface area contributed by atoms with E-state index in [1.54, 1.807) is 6.92 Å².